The minimum atomic E-state index is -0.0552. The molecule has 0 spiro atoms. The van der Waals surface area contributed by atoms with Crippen LogP contribution in [0.4, 0.5) is 0 Å². The van der Waals surface area contributed by atoms with Gasteiger partial charge in [0.1, 0.15) is 0 Å². The van der Waals surface area contributed by atoms with Gasteiger partial charge < -0.3 is 5.32 Å². The zero-order valence-electron chi connectivity index (χ0n) is 11.5. The van der Waals surface area contributed by atoms with Crippen LogP contribution in [-0.4, -0.2) is 11.9 Å². The summed E-state index contributed by atoms with van der Waals surface area (Å²) in [5, 5.41) is 3.01. The molecule has 0 heterocycles. The Balaban J connectivity index is 1.96. The van der Waals surface area contributed by atoms with Crippen LogP contribution in [0.3, 0.4) is 0 Å². The number of amides is 1. The Bertz CT molecular complexity index is 568. The number of rotatable bonds is 5. The van der Waals surface area contributed by atoms with Gasteiger partial charge in [-0.25, -0.2) is 0 Å². The zero-order valence-corrected chi connectivity index (χ0v) is 12.2. The average molecular weight is 288 g/mol. The lowest BCUT2D eigenvalue weighted by Gasteiger charge is -2.14. The third kappa shape index (κ3) is 4.10. The Kier molecular flexibility index (Phi) is 5.19. The molecule has 1 amide bonds. The molecule has 0 aliphatic heterocycles. The summed E-state index contributed by atoms with van der Waals surface area (Å²) in [5.74, 6) is 0.362. The van der Waals surface area contributed by atoms with Crippen LogP contribution in [0, 0.1) is 0 Å². The molecule has 0 radical (unpaired) electrons. The fourth-order valence-electron chi connectivity index (χ4n) is 2.12. The van der Waals surface area contributed by atoms with Crippen molar-refractivity contribution >= 4 is 17.5 Å². The molecule has 3 heteroatoms. The van der Waals surface area contributed by atoms with E-state index < -0.39 is 0 Å². The zero-order chi connectivity index (χ0) is 14.4. The SMILES string of the molecule is CC(Cc1ccccc1)NC(=O)c1cccc(CCl)c1. The molecule has 2 aromatic carbocycles. The molecule has 0 bridgehead atoms. The molecule has 0 aliphatic carbocycles. The van der Waals surface area contributed by atoms with E-state index in [1.807, 2.05) is 43.3 Å². The van der Waals surface area contributed by atoms with Crippen molar-refractivity contribution < 1.29 is 4.79 Å². The lowest BCUT2D eigenvalue weighted by atomic mass is 10.1. The number of hydrogen-bond donors (Lipinski definition) is 1. The molecule has 0 aliphatic rings. The molecule has 1 N–H and O–H groups in total. The first-order chi connectivity index (χ1) is 9.69. The summed E-state index contributed by atoms with van der Waals surface area (Å²) >= 11 is 5.78. The lowest BCUT2D eigenvalue weighted by molar-refractivity contribution is 0.0940. The third-order valence-corrected chi connectivity index (χ3v) is 3.41. The predicted molar refractivity (Wildman–Crippen MR) is 83.1 cm³/mol. The van der Waals surface area contributed by atoms with Gasteiger partial charge in [-0.2, -0.15) is 0 Å². The van der Waals surface area contributed by atoms with Gasteiger partial charge in [0.05, 0.1) is 0 Å². The molecule has 0 saturated heterocycles. The fraction of sp³-hybridized carbons (Fsp3) is 0.235. The molecule has 0 aromatic heterocycles. The second kappa shape index (κ2) is 7.11. The Labute approximate surface area is 124 Å². The molecule has 0 fully saturated rings. The van der Waals surface area contributed by atoms with E-state index in [-0.39, 0.29) is 11.9 Å². The fourth-order valence-corrected chi connectivity index (χ4v) is 2.29. The van der Waals surface area contributed by atoms with Crippen molar-refractivity contribution in [1.82, 2.24) is 5.32 Å². The van der Waals surface area contributed by atoms with E-state index in [9.17, 15) is 4.79 Å². The Morgan fingerprint density at radius 1 is 1.10 bits per heavy atom. The van der Waals surface area contributed by atoms with Gasteiger partial charge >= 0.3 is 0 Å². The van der Waals surface area contributed by atoms with Crippen LogP contribution in [0.1, 0.15) is 28.4 Å². The van der Waals surface area contributed by atoms with Gasteiger partial charge in [-0.3, -0.25) is 4.79 Å². The highest BCUT2D eigenvalue weighted by Crippen LogP contribution is 2.09. The Hall–Kier alpha value is -1.80. The molecule has 2 aromatic rings. The van der Waals surface area contributed by atoms with Crippen molar-refractivity contribution in [2.75, 3.05) is 0 Å². The van der Waals surface area contributed by atoms with Gasteiger partial charge in [0.25, 0.3) is 5.91 Å². The van der Waals surface area contributed by atoms with Crippen molar-refractivity contribution in [3.63, 3.8) is 0 Å². The van der Waals surface area contributed by atoms with Crippen LogP contribution in [0.25, 0.3) is 0 Å². The number of alkyl halides is 1. The summed E-state index contributed by atoms with van der Waals surface area (Å²) in [6.07, 6.45) is 0.821. The largest absolute Gasteiger partial charge is 0.349 e. The second-order valence-electron chi connectivity index (χ2n) is 4.90. The minimum Gasteiger partial charge on any atom is -0.349 e. The van der Waals surface area contributed by atoms with E-state index in [1.54, 1.807) is 6.07 Å². The monoisotopic (exact) mass is 287 g/mol. The quantitative estimate of drug-likeness (QED) is 0.833. The van der Waals surface area contributed by atoms with Crippen molar-refractivity contribution in [2.24, 2.45) is 0 Å². The van der Waals surface area contributed by atoms with E-state index in [2.05, 4.69) is 17.4 Å². The summed E-state index contributed by atoms with van der Waals surface area (Å²) in [5.41, 5.74) is 2.83. The van der Waals surface area contributed by atoms with Gasteiger partial charge in [0.2, 0.25) is 0 Å². The van der Waals surface area contributed by atoms with Gasteiger partial charge in [-0.05, 0) is 36.6 Å². The van der Waals surface area contributed by atoms with Gasteiger partial charge in [-0.15, -0.1) is 11.6 Å². The number of carbonyl (C=O) groups is 1. The molecule has 2 nitrogen and oxygen atoms in total. The van der Waals surface area contributed by atoms with Crippen molar-refractivity contribution in [3.05, 3.63) is 71.3 Å². The molecular weight excluding hydrogens is 270 g/mol. The highest BCUT2D eigenvalue weighted by Gasteiger charge is 2.10. The summed E-state index contributed by atoms with van der Waals surface area (Å²) in [4.78, 5) is 12.2. The summed E-state index contributed by atoms with van der Waals surface area (Å²) in [6.45, 7) is 2.01. The number of nitrogens with one attached hydrogen (secondary N) is 1. The first kappa shape index (κ1) is 14.6. The van der Waals surface area contributed by atoms with Crippen LogP contribution in [0.15, 0.2) is 54.6 Å². The third-order valence-electron chi connectivity index (χ3n) is 3.11. The highest BCUT2D eigenvalue weighted by atomic mass is 35.5. The maximum Gasteiger partial charge on any atom is 0.251 e. The summed E-state index contributed by atoms with van der Waals surface area (Å²) in [6, 6.07) is 17.6. The molecule has 1 unspecified atom stereocenters. The maximum atomic E-state index is 12.2. The normalized spacial score (nSPS) is 11.9. The van der Waals surface area contributed by atoms with E-state index in [4.69, 9.17) is 11.6 Å². The van der Waals surface area contributed by atoms with Crippen LogP contribution in [-0.2, 0) is 12.3 Å². The van der Waals surface area contributed by atoms with E-state index >= 15 is 0 Å². The molecule has 2 rings (SSSR count). The summed E-state index contributed by atoms with van der Waals surface area (Å²) in [7, 11) is 0. The van der Waals surface area contributed by atoms with Crippen LogP contribution >= 0.6 is 11.6 Å². The minimum absolute atomic E-state index is 0.0552. The van der Waals surface area contributed by atoms with Crippen molar-refractivity contribution in [2.45, 2.75) is 25.3 Å². The van der Waals surface area contributed by atoms with Gasteiger partial charge in [-0.1, -0.05) is 42.5 Å². The topological polar surface area (TPSA) is 29.1 Å². The van der Waals surface area contributed by atoms with E-state index in [1.165, 1.54) is 5.56 Å². The molecule has 20 heavy (non-hydrogen) atoms. The molecule has 104 valence electrons. The number of halogens is 1. The number of benzene rings is 2. The molecular formula is C17H18ClNO. The Morgan fingerprint density at radius 3 is 2.50 bits per heavy atom. The van der Waals surface area contributed by atoms with Crippen LogP contribution in [0.5, 0.6) is 0 Å². The van der Waals surface area contributed by atoms with Crippen LogP contribution < -0.4 is 5.32 Å². The van der Waals surface area contributed by atoms with Gasteiger partial charge in [0.15, 0.2) is 0 Å². The standard InChI is InChI=1S/C17H18ClNO/c1-13(10-14-6-3-2-4-7-14)19-17(20)16-9-5-8-15(11-16)12-18/h2-9,11,13H,10,12H2,1H3,(H,19,20). The predicted octanol–water partition coefficient (Wildman–Crippen LogP) is 3.79. The Morgan fingerprint density at radius 2 is 1.80 bits per heavy atom. The molecule has 0 saturated carbocycles. The first-order valence-electron chi connectivity index (χ1n) is 6.68. The van der Waals surface area contributed by atoms with Crippen molar-refractivity contribution in [1.29, 1.82) is 0 Å². The number of hydrogen-bond acceptors (Lipinski definition) is 1. The first-order valence-corrected chi connectivity index (χ1v) is 7.22. The van der Waals surface area contributed by atoms with Crippen LogP contribution in [0.2, 0.25) is 0 Å². The average Bonchev–Trinajstić information content (AvgIpc) is 2.48. The highest BCUT2D eigenvalue weighted by molar-refractivity contribution is 6.17. The smallest absolute Gasteiger partial charge is 0.251 e. The molecule has 1 atom stereocenters. The van der Waals surface area contributed by atoms with Crippen molar-refractivity contribution in [3.8, 4) is 0 Å². The summed E-state index contributed by atoms with van der Waals surface area (Å²) < 4.78 is 0. The van der Waals surface area contributed by atoms with E-state index in [0.29, 0.717) is 11.4 Å². The van der Waals surface area contributed by atoms with Gasteiger partial charge in [0, 0.05) is 17.5 Å². The maximum absolute atomic E-state index is 12.2. The lowest BCUT2D eigenvalue weighted by Crippen LogP contribution is -2.34. The second-order valence-corrected chi connectivity index (χ2v) is 5.17. The number of carbonyl (C=O) groups excluding carboxylic acids is 1. The van der Waals surface area contributed by atoms with E-state index in [0.717, 1.165) is 12.0 Å².